The van der Waals surface area contributed by atoms with Gasteiger partial charge in [0.25, 0.3) is 0 Å². The summed E-state index contributed by atoms with van der Waals surface area (Å²) in [4.78, 5) is 18.2. The van der Waals surface area contributed by atoms with Crippen LogP contribution in [0.1, 0.15) is 54.8 Å². The standard InChI is InChI=1S/C33H42N4O/c1-25-21-26(2)23-30(22-25)35-33(38)34-24-32(29-15-13-28(14-16-29)27-9-5-3-6-10-27)37-19-17-36(18-20-37)31-11-7-4-8-12-31/h3,5-6,9-10,13-16,21-23,31-32H,4,7-8,11-12,17-20,24H2,1-2H3,(H2,34,35,38). The van der Waals surface area contributed by atoms with E-state index >= 15 is 0 Å². The van der Waals surface area contributed by atoms with Gasteiger partial charge in [-0.2, -0.15) is 0 Å². The Hall–Kier alpha value is -3.15. The van der Waals surface area contributed by atoms with Crippen LogP contribution < -0.4 is 10.6 Å². The number of nitrogens with one attached hydrogen (secondary N) is 2. The zero-order valence-corrected chi connectivity index (χ0v) is 23.0. The molecule has 1 saturated carbocycles. The number of aryl methyl sites for hydroxylation is 2. The molecule has 1 atom stereocenters. The molecule has 3 aromatic rings. The number of nitrogens with zero attached hydrogens (tertiary/aromatic N) is 2. The molecule has 0 bridgehead atoms. The molecule has 2 amide bonds. The average molecular weight is 511 g/mol. The minimum Gasteiger partial charge on any atom is -0.336 e. The molecular formula is C33H42N4O. The molecule has 1 saturated heterocycles. The Labute approximate surface area is 228 Å². The highest BCUT2D eigenvalue weighted by atomic mass is 16.2. The molecule has 2 aliphatic rings. The number of rotatable bonds is 7. The van der Waals surface area contributed by atoms with E-state index in [1.54, 1.807) is 0 Å². The molecule has 0 spiro atoms. The predicted molar refractivity (Wildman–Crippen MR) is 158 cm³/mol. The molecule has 2 fully saturated rings. The van der Waals surface area contributed by atoms with Crippen molar-refractivity contribution in [1.29, 1.82) is 0 Å². The highest BCUT2D eigenvalue weighted by Gasteiger charge is 2.29. The summed E-state index contributed by atoms with van der Waals surface area (Å²) in [6.07, 6.45) is 6.85. The predicted octanol–water partition coefficient (Wildman–Crippen LogP) is 6.78. The molecular weight excluding hydrogens is 468 g/mol. The van der Waals surface area contributed by atoms with Gasteiger partial charge in [0.15, 0.2) is 0 Å². The molecule has 5 heteroatoms. The number of carbonyl (C=O) groups excluding carboxylic acids is 1. The van der Waals surface area contributed by atoms with Gasteiger partial charge >= 0.3 is 6.03 Å². The fourth-order valence-electron chi connectivity index (χ4n) is 6.26. The molecule has 0 radical (unpaired) electrons. The maximum absolute atomic E-state index is 12.9. The molecule has 3 aromatic carbocycles. The molecule has 1 aliphatic heterocycles. The Bertz CT molecular complexity index is 1160. The van der Waals surface area contributed by atoms with Crippen molar-refractivity contribution < 1.29 is 4.79 Å². The van der Waals surface area contributed by atoms with Crippen LogP contribution in [-0.4, -0.2) is 54.6 Å². The third-order valence-electron chi connectivity index (χ3n) is 8.22. The highest BCUT2D eigenvalue weighted by Crippen LogP contribution is 2.28. The Morgan fingerprint density at radius 2 is 1.45 bits per heavy atom. The SMILES string of the molecule is Cc1cc(C)cc(NC(=O)NCC(c2ccc(-c3ccccc3)cc2)N2CCN(C3CCCCC3)CC2)c1. The van der Waals surface area contributed by atoms with Crippen molar-refractivity contribution in [3.63, 3.8) is 0 Å². The number of piperazine rings is 1. The zero-order chi connectivity index (χ0) is 26.3. The van der Waals surface area contributed by atoms with Crippen molar-refractivity contribution in [3.8, 4) is 11.1 Å². The smallest absolute Gasteiger partial charge is 0.319 e. The van der Waals surface area contributed by atoms with Gasteiger partial charge in [0.1, 0.15) is 0 Å². The number of urea groups is 1. The second-order valence-electron chi connectivity index (χ2n) is 11.1. The van der Waals surface area contributed by atoms with Gasteiger partial charge in [-0.3, -0.25) is 9.80 Å². The van der Waals surface area contributed by atoms with E-state index in [2.05, 4.69) is 94.9 Å². The van der Waals surface area contributed by atoms with Gasteiger partial charge < -0.3 is 10.6 Å². The average Bonchev–Trinajstić information content (AvgIpc) is 2.94. The number of anilines is 1. The normalized spacial score (nSPS) is 18.2. The van der Waals surface area contributed by atoms with Crippen molar-refractivity contribution in [2.24, 2.45) is 0 Å². The van der Waals surface area contributed by atoms with E-state index in [4.69, 9.17) is 0 Å². The first-order chi connectivity index (χ1) is 18.5. The number of amides is 2. The maximum atomic E-state index is 12.9. The molecule has 1 heterocycles. The maximum Gasteiger partial charge on any atom is 0.319 e. The fourth-order valence-corrected chi connectivity index (χ4v) is 6.26. The van der Waals surface area contributed by atoms with E-state index in [9.17, 15) is 4.79 Å². The molecule has 38 heavy (non-hydrogen) atoms. The van der Waals surface area contributed by atoms with E-state index in [-0.39, 0.29) is 12.1 Å². The summed E-state index contributed by atoms with van der Waals surface area (Å²) < 4.78 is 0. The topological polar surface area (TPSA) is 47.6 Å². The fraction of sp³-hybridized carbons (Fsp3) is 0.424. The van der Waals surface area contributed by atoms with Gasteiger partial charge in [0, 0.05) is 44.5 Å². The van der Waals surface area contributed by atoms with Crippen LogP contribution >= 0.6 is 0 Å². The summed E-state index contributed by atoms with van der Waals surface area (Å²) in [7, 11) is 0. The van der Waals surface area contributed by atoms with Crippen LogP contribution in [0.15, 0.2) is 72.8 Å². The van der Waals surface area contributed by atoms with Crippen molar-refractivity contribution in [2.75, 3.05) is 38.0 Å². The second-order valence-corrected chi connectivity index (χ2v) is 11.1. The van der Waals surface area contributed by atoms with Crippen LogP contribution in [0, 0.1) is 13.8 Å². The summed E-state index contributed by atoms with van der Waals surface area (Å²) in [5.74, 6) is 0. The van der Waals surface area contributed by atoms with Gasteiger partial charge in [-0.15, -0.1) is 0 Å². The van der Waals surface area contributed by atoms with E-state index in [0.717, 1.165) is 49.0 Å². The van der Waals surface area contributed by atoms with Crippen molar-refractivity contribution in [3.05, 3.63) is 89.5 Å². The molecule has 2 N–H and O–H groups in total. The van der Waals surface area contributed by atoms with Gasteiger partial charge in [-0.1, -0.05) is 79.9 Å². The summed E-state index contributed by atoms with van der Waals surface area (Å²) >= 11 is 0. The van der Waals surface area contributed by atoms with E-state index in [1.807, 2.05) is 12.1 Å². The number of hydrogen-bond donors (Lipinski definition) is 2. The molecule has 200 valence electrons. The summed E-state index contributed by atoms with van der Waals surface area (Å²) in [5.41, 5.74) is 6.82. The number of hydrogen-bond acceptors (Lipinski definition) is 3. The van der Waals surface area contributed by atoms with Crippen LogP contribution in [0.3, 0.4) is 0 Å². The van der Waals surface area contributed by atoms with Crippen LogP contribution in [0.25, 0.3) is 11.1 Å². The summed E-state index contributed by atoms with van der Waals surface area (Å²) in [5, 5.41) is 6.22. The van der Waals surface area contributed by atoms with Crippen LogP contribution in [0.5, 0.6) is 0 Å². The minimum atomic E-state index is -0.151. The zero-order valence-electron chi connectivity index (χ0n) is 23.0. The highest BCUT2D eigenvalue weighted by molar-refractivity contribution is 5.89. The van der Waals surface area contributed by atoms with Crippen molar-refractivity contribution in [1.82, 2.24) is 15.1 Å². The van der Waals surface area contributed by atoms with E-state index < -0.39 is 0 Å². The Balaban J connectivity index is 1.27. The second kappa shape index (κ2) is 12.6. The summed E-state index contributed by atoms with van der Waals surface area (Å²) in [6.45, 7) is 8.96. The van der Waals surface area contributed by atoms with E-state index in [0.29, 0.717) is 6.54 Å². The Morgan fingerprint density at radius 3 is 2.11 bits per heavy atom. The third kappa shape index (κ3) is 6.83. The van der Waals surface area contributed by atoms with Gasteiger partial charge in [0.05, 0.1) is 6.04 Å². The molecule has 1 aliphatic carbocycles. The lowest BCUT2D eigenvalue weighted by Crippen LogP contribution is -2.53. The lowest BCUT2D eigenvalue weighted by molar-refractivity contribution is 0.0565. The number of carbonyl (C=O) groups is 1. The van der Waals surface area contributed by atoms with Gasteiger partial charge in [-0.05, 0) is 66.6 Å². The Kier molecular flexibility index (Phi) is 8.77. The molecule has 0 aromatic heterocycles. The molecule has 5 nitrogen and oxygen atoms in total. The van der Waals surface area contributed by atoms with Gasteiger partial charge in [-0.25, -0.2) is 4.79 Å². The van der Waals surface area contributed by atoms with Crippen LogP contribution in [0.4, 0.5) is 10.5 Å². The first-order valence-corrected chi connectivity index (χ1v) is 14.3. The largest absolute Gasteiger partial charge is 0.336 e. The summed E-state index contributed by atoms with van der Waals surface area (Å²) in [6, 6.07) is 26.3. The lowest BCUT2D eigenvalue weighted by Gasteiger charge is -2.43. The lowest BCUT2D eigenvalue weighted by atomic mass is 9.93. The first-order valence-electron chi connectivity index (χ1n) is 14.3. The van der Waals surface area contributed by atoms with Crippen LogP contribution in [-0.2, 0) is 0 Å². The van der Waals surface area contributed by atoms with Crippen molar-refractivity contribution in [2.45, 2.75) is 58.0 Å². The minimum absolute atomic E-state index is 0.137. The monoisotopic (exact) mass is 510 g/mol. The first kappa shape index (κ1) is 26.5. The molecule has 5 rings (SSSR count). The molecule has 1 unspecified atom stereocenters. The van der Waals surface area contributed by atoms with Crippen molar-refractivity contribution >= 4 is 11.7 Å². The third-order valence-corrected chi connectivity index (χ3v) is 8.22. The van der Waals surface area contributed by atoms with Crippen LogP contribution in [0.2, 0.25) is 0 Å². The van der Waals surface area contributed by atoms with Gasteiger partial charge in [0.2, 0.25) is 0 Å². The van der Waals surface area contributed by atoms with E-state index in [1.165, 1.54) is 48.8 Å². The number of benzene rings is 3. The quantitative estimate of drug-likeness (QED) is 0.368. The Morgan fingerprint density at radius 1 is 0.816 bits per heavy atom.